The number of nitrogens with one attached hydrogen (secondary N) is 1. The number of nitrogens with zero attached hydrogens (tertiary/aromatic N) is 2. The average Bonchev–Trinajstić information content (AvgIpc) is 2.35. The van der Waals surface area contributed by atoms with E-state index in [0.29, 0.717) is 17.1 Å². The predicted molar refractivity (Wildman–Crippen MR) is 67.8 cm³/mol. The lowest BCUT2D eigenvalue weighted by Gasteiger charge is -2.08. The van der Waals surface area contributed by atoms with Gasteiger partial charge < -0.3 is 11.1 Å². The lowest BCUT2D eigenvalue weighted by atomic mass is 10.2. The molecule has 0 bridgehead atoms. The van der Waals surface area contributed by atoms with E-state index in [-0.39, 0.29) is 0 Å². The molecule has 84 valence electrons. The lowest BCUT2D eigenvalue weighted by molar-refractivity contribution is 1.29. The van der Waals surface area contributed by atoms with E-state index >= 15 is 0 Å². The molecule has 0 aliphatic rings. The van der Waals surface area contributed by atoms with Gasteiger partial charge in [-0.05, 0) is 25.1 Å². The minimum absolute atomic E-state index is 0.371. The molecular weight excluding hydrogens is 212 g/mol. The number of pyridine rings is 1. The van der Waals surface area contributed by atoms with Gasteiger partial charge in [0.15, 0.2) is 5.82 Å². The summed E-state index contributed by atoms with van der Waals surface area (Å²) >= 11 is 0. The number of nitrogen functional groups attached to an aromatic ring is 1. The number of aryl methyl sites for hydroxylation is 1. The Bertz CT molecular complexity index is 567. The molecule has 2 aromatic rings. The first-order valence-electron chi connectivity index (χ1n) is 5.19. The molecule has 0 saturated carbocycles. The van der Waals surface area contributed by atoms with Gasteiger partial charge in [0.05, 0.1) is 11.3 Å². The maximum atomic E-state index is 8.86. The predicted octanol–water partition coefficient (Wildman–Crippen LogP) is 2.59. The molecule has 17 heavy (non-hydrogen) atoms. The number of nitriles is 1. The van der Waals surface area contributed by atoms with Gasteiger partial charge in [-0.15, -0.1) is 0 Å². The van der Waals surface area contributed by atoms with Gasteiger partial charge in [-0.2, -0.15) is 5.26 Å². The van der Waals surface area contributed by atoms with Crippen molar-refractivity contribution in [3.05, 3.63) is 47.7 Å². The molecule has 3 N–H and O–H groups in total. The molecule has 1 aromatic heterocycles. The van der Waals surface area contributed by atoms with E-state index in [1.54, 1.807) is 12.3 Å². The van der Waals surface area contributed by atoms with Crippen molar-refractivity contribution >= 4 is 17.2 Å². The van der Waals surface area contributed by atoms with Gasteiger partial charge in [0.25, 0.3) is 0 Å². The van der Waals surface area contributed by atoms with Crippen LogP contribution in [0.2, 0.25) is 0 Å². The minimum atomic E-state index is 0.371. The summed E-state index contributed by atoms with van der Waals surface area (Å²) in [5, 5.41) is 11.9. The molecule has 0 unspecified atom stereocenters. The largest absolute Gasteiger partial charge is 0.395 e. The molecule has 0 atom stereocenters. The molecule has 1 aromatic carbocycles. The van der Waals surface area contributed by atoms with Crippen molar-refractivity contribution in [1.29, 1.82) is 5.26 Å². The zero-order valence-corrected chi connectivity index (χ0v) is 9.44. The number of nitrogens with two attached hydrogens (primary N) is 1. The second kappa shape index (κ2) is 4.54. The summed E-state index contributed by atoms with van der Waals surface area (Å²) < 4.78 is 0. The zero-order chi connectivity index (χ0) is 12.3. The van der Waals surface area contributed by atoms with Gasteiger partial charge >= 0.3 is 0 Å². The first-order chi connectivity index (χ1) is 8.20. The highest BCUT2D eigenvalue weighted by atomic mass is 15.0. The highest BCUT2D eigenvalue weighted by Gasteiger charge is 2.05. The molecule has 1 heterocycles. The average molecular weight is 224 g/mol. The fourth-order valence-corrected chi connectivity index (χ4v) is 1.44. The SMILES string of the molecule is Cc1ccc(Nc2nccc(C#N)c2N)cc1. The van der Waals surface area contributed by atoms with Gasteiger partial charge in [-0.3, -0.25) is 0 Å². The number of rotatable bonds is 2. The molecule has 0 radical (unpaired) electrons. The van der Waals surface area contributed by atoms with Crippen LogP contribution in [0.25, 0.3) is 0 Å². The van der Waals surface area contributed by atoms with Crippen LogP contribution in [0.3, 0.4) is 0 Å². The molecule has 0 aliphatic heterocycles. The Kier molecular flexibility index (Phi) is 2.93. The van der Waals surface area contributed by atoms with Crippen molar-refractivity contribution in [2.45, 2.75) is 6.92 Å². The third kappa shape index (κ3) is 2.34. The Morgan fingerprint density at radius 2 is 1.94 bits per heavy atom. The van der Waals surface area contributed by atoms with E-state index < -0.39 is 0 Å². The molecule has 0 spiro atoms. The lowest BCUT2D eigenvalue weighted by Crippen LogP contribution is -2.01. The van der Waals surface area contributed by atoms with Crippen molar-refractivity contribution in [3.63, 3.8) is 0 Å². The number of anilines is 3. The number of hydrogen-bond donors (Lipinski definition) is 2. The third-order valence-electron chi connectivity index (χ3n) is 2.42. The smallest absolute Gasteiger partial charge is 0.154 e. The van der Waals surface area contributed by atoms with Crippen LogP contribution in [0.15, 0.2) is 36.5 Å². The highest BCUT2D eigenvalue weighted by Crippen LogP contribution is 2.23. The maximum absolute atomic E-state index is 8.86. The maximum Gasteiger partial charge on any atom is 0.154 e. The van der Waals surface area contributed by atoms with Gasteiger partial charge in [-0.1, -0.05) is 17.7 Å². The Balaban J connectivity index is 2.31. The summed E-state index contributed by atoms with van der Waals surface area (Å²) in [6, 6.07) is 11.5. The van der Waals surface area contributed by atoms with Crippen molar-refractivity contribution in [2.24, 2.45) is 0 Å². The number of benzene rings is 1. The van der Waals surface area contributed by atoms with Gasteiger partial charge in [0, 0.05) is 11.9 Å². The van der Waals surface area contributed by atoms with Crippen LogP contribution in [0.5, 0.6) is 0 Å². The molecule has 0 saturated heterocycles. The second-order valence-corrected chi connectivity index (χ2v) is 3.72. The van der Waals surface area contributed by atoms with Crippen LogP contribution in [0, 0.1) is 18.3 Å². The van der Waals surface area contributed by atoms with E-state index in [2.05, 4.69) is 10.3 Å². The molecule has 0 amide bonds. The van der Waals surface area contributed by atoms with E-state index in [1.165, 1.54) is 5.56 Å². The Morgan fingerprint density at radius 1 is 1.24 bits per heavy atom. The quantitative estimate of drug-likeness (QED) is 0.822. The molecule has 4 heteroatoms. The Hall–Kier alpha value is -2.54. The normalized spacial score (nSPS) is 9.65. The fraction of sp³-hybridized carbons (Fsp3) is 0.0769. The summed E-state index contributed by atoms with van der Waals surface area (Å²) in [6.45, 7) is 2.02. The van der Waals surface area contributed by atoms with E-state index in [0.717, 1.165) is 5.69 Å². The van der Waals surface area contributed by atoms with E-state index in [1.807, 2.05) is 37.3 Å². The number of hydrogen-bond acceptors (Lipinski definition) is 4. The summed E-state index contributed by atoms with van der Waals surface area (Å²) in [5.74, 6) is 0.507. The topological polar surface area (TPSA) is 74.7 Å². The van der Waals surface area contributed by atoms with E-state index in [4.69, 9.17) is 11.0 Å². The summed E-state index contributed by atoms with van der Waals surface area (Å²) in [7, 11) is 0. The molecule has 0 fully saturated rings. The second-order valence-electron chi connectivity index (χ2n) is 3.72. The van der Waals surface area contributed by atoms with Crippen LogP contribution in [-0.2, 0) is 0 Å². The molecular formula is C13H12N4. The first-order valence-corrected chi connectivity index (χ1v) is 5.19. The van der Waals surface area contributed by atoms with Crippen molar-refractivity contribution in [2.75, 3.05) is 11.1 Å². The van der Waals surface area contributed by atoms with E-state index in [9.17, 15) is 0 Å². The third-order valence-corrected chi connectivity index (χ3v) is 2.42. The van der Waals surface area contributed by atoms with Gasteiger partial charge in [0.2, 0.25) is 0 Å². The fourth-order valence-electron chi connectivity index (χ4n) is 1.44. The summed E-state index contributed by atoms with van der Waals surface area (Å²) in [6.07, 6.45) is 1.56. The van der Waals surface area contributed by atoms with Crippen molar-refractivity contribution in [1.82, 2.24) is 4.98 Å². The van der Waals surface area contributed by atoms with Gasteiger partial charge in [0.1, 0.15) is 6.07 Å². The van der Waals surface area contributed by atoms with Crippen molar-refractivity contribution < 1.29 is 0 Å². The highest BCUT2D eigenvalue weighted by molar-refractivity contribution is 5.73. The standard InChI is InChI=1S/C13H12N4/c1-9-2-4-11(5-3-9)17-13-12(15)10(8-14)6-7-16-13/h2-7H,15H2,1H3,(H,16,17). The monoisotopic (exact) mass is 224 g/mol. The van der Waals surface area contributed by atoms with Crippen LogP contribution in [-0.4, -0.2) is 4.98 Å². The summed E-state index contributed by atoms with van der Waals surface area (Å²) in [5.41, 5.74) is 8.70. The Morgan fingerprint density at radius 3 is 2.59 bits per heavy atom. The van der Waals surface area contributed by atoms with Crippen LogP contribution < -0.4 is 11.1 Å². The summed E-state index contributed by atoms with van der Waals surface area (Å²) in [4.78, 5) is 4.12. The number of aromatic nitrogens is 1. The zero-order valence-electron chi connectivity index (χ0n) is 9.44. The van der Waals surface area contributed by atoms with Crippen molar-refractivity contribution in [3.8, 4) is 6.07 Å². The Labute approximate surface area is 99.7 Å². The molecule has 4 nitrogen and oxygen atoms in total. The molecule has 2 rings (SSSR count). The van der Waals surface area contributed by atoms with Crippen LogP contribution >= 0.6 is 0 Å². The first kappa shape index (κ1) is 11.0. The molecule has 0 aliphatic carbocycles. The van der Waals surface area contributed by atoms with Gasteiger partial charge in [-0.25, -0.2) is 4.98 Å². The minimum Gasteiger partial charge on any atom is -0.395 e. The van der Waals surface area contributed by atoms with Crippen LogP contribution in [0.1, 0.15) is 11.1 Å². The van der Waals surface area contributed by atoms with Crippen LogP contribution in [0.4, 0.5) is 17.2 Å².